The molecule has 0 saturated carbocycles. The molecule has 2 aromatic carbocycles. The second kappa shape index (κ2) is 7.68. The molecule has 0 unspecified atom stereocenters. The first-order valence-corrected chi connectivity index (χ1v) is 11.0. The number of nitrogens with one attached hydrogen (secondary N) is 1. The number of rotatable bonds is 5. The Hall–Kier alpha value is -2.18. The molecule has 2 aromatic rings. The summed E-state index contributed by atoms with van der Waals surface area (Å²) < 4.78 is 32.3. The van der Waals surface area contributed by atoms with Gasteiger partial charge < -0.3 is 4.74 Å². The molecule has 1 saturated heterocycles. The maximum Gasteiger partial charge on any atom is 0.326 e. The molecule has 0 amide bonds. The third-order valence-corrected chi connectivity index (χ3v) is 7.32. The van der Waals surface area contributed by atoms with E-state index in [2.05, 4.69) is 5.32 Å². The minimum Gasteiger partial charge on any atom is -0.462 e. The smallest absolute Gasteiger partial charge is 0.326 e. The van der Waals surface area contributed by atoms with Crippen molar-refractivity contribution in [2.24, 2.45) is 0 Å². The van der Waals surface area contributed by atoms with Gasteiger partial charge in [-0.25, -0.2) is 8.42 Å². The molecule has 0 aliphatic carbocycles. The maximum atomic E-state index is 13.5. The molecule has 3 rings (SSSR count). The van der Waals surface area contributed by atoms with E-state index in [0.29, 0.717) is 0 Å². The Morgan fingerprint density at radius 3 is 2.29 bits per heavy atom. The van der Waals surface area contributed by atoms with E-state index in [9.17, 15) is 13.2 Å². The number of ether oxygens (including phenoxy) is 1. The fourth-order valence-electron chi connectivity index (χ4n) is 3.65. The average Bonchev–Trinajstić information content (AvgIpc) is 3.02. The van der Waals surface area contributed by atoms with Crippen molar-refractivity contribution >= 4 is 15.8 Å². The lowest BCUT2D eigenvalue weighted by atomic mass is 9.99. The largest absolute Gasteiger partial charge is 0.462 e. The lowest BCUT2D eigenvalue weighted by Gasteiger charge is -2.25. The molecule has 5 nitrogen and oxygen atoms in total. The van der Waals surface area contributed by atoms with Crippen molar-refractivity contribution in [3.8, 4) is 0 Å². The minimum atomic E-state index is -3.66. The van der Waals surface area contributed by atoms with Crippen LogP contribution in [-0.4, -0.2) is 31.3 Å². The Kier molecular flexibility index (Phi) is 5.64. The van der Waals surface area contributed by atoms with Crippen LogP contribution < -0.4 is 5.32 Å². The van der Waals surface area contributed by atoms with Gasteiger partial charge in [0.15, 0.2) is 9.84 Å². The third kappa shape index (κ3) is 3.98. The van der Waals surface area contributed by atoms with Gasteiger partial charge in [0.2, 0.25) is 0 Å². The molecule has 1 aliphatic heterocycles. The summed E-state index contributed by atoms with van der Waals surface area (Å²) in [7, 11) is -3.66. The summed E-state index contributed by atoms with van der Waals surface area (Å²) in [6, 6.07) is 15.7. The van der Waals surface area contributed by atoms with Gasteiger partial charge in [-0.15, -0.1) is 0 Å². The van der Waals surface area contributed by atoms with Crippen LogP contribution in [0.5, 0.6) is 0 Å². The lowest BCUT2D eigenvalue weighted by Crippen LogP contribution is -2.47. The highest BCUT2D eigenvalue weighted by Crippen LogP contribution is 2.40. The highest BCUT2D eigenvalue weighted by molar-refractivity contribution is 7.92. The number of hydrogen-bond donors (Lipinski definition) is 1. The first-order chi connectivity index (χ1) is 13.1. The third-order valence-electron chi connectivity index (χ3n) is 5.16. The van der Waals surface area contributed by atoms with Gasteiger partial charge in [0, 0.05) is 0 Å². The second-order valence-corrected chi connectivity index (χ2v) is 10.1. The molecule has 1 aliphatic rings. The van der Waals surface area contributed by atoms with Crippen LogP contribution in [0.25, 0.3) is 0 Å². The highest BCUT2D eigenvalue weighted by Gasteiger charge is 2.53. The number of benzene rings is 2. The Labute approximate surface area is 167 Å². The summed E-state index contributed by atoms with van der Waals surface area (Å²) in [5, 5.41) is 2.50. The van der Waals surface area contributed by atoms with E-state index in [4.69, 9.17) is 4.74 Å². The molecular formula is C22H27NO4S. The molecule has 6 heteroatoms. The zero-order chi connectivity index (χ0) is 20.5. The van der Waals surface area contributed by atoms with Gasteiger partial charge in [-0.1, -0.05) is 48.0 Å². The summed E-state index contributed by atoms with van der Waals surface area (Å²) in [6.45, 7) is 7.20. The normalized spacial score (nSPS) is 25.0. The second-order valence-electron chi connectivity index (χ2n) is 7.92. The molecule has 0 aromatic heterocycles. The van der Waals surface area contributed by atoms with Gasteiger partial charge in [-0.3, -0.25) is 10.1 Å². The van der Waals surface area contributed by atoms with Gasteiger partial charge in [0.1, 0.15) is 5.54 Å². The van der Waals surface area contributed by atoms with Crippen LogP contribution >= 0.6 is 0 Å². The fraction of sp³-hybridized carbons (Fsp3) is 0.409. The number of esters is 1. The predicted molar refractivity (Wildman–Crippen MR) is 109 cm³/mol. The highest BCUT2D eigenvalue weighted by atomic mass is 32.2. The van der Waals surface area contributed by atoms with Crippen LogP contribution in [0.2, 0.25) is 0 Å². The molecule has 0 bridgehead atoms. The van der Waals surface area contributed by atoms with E-state index in [1.807, 2.05) is 37.3 Å². The molecule has 28 heavy (non-hydrogen) atoms. The minimum absolute atomic E-state index is 0.147. The van der Waals surface area contributed by atoms with Gasteiger partial charge in [0.25, 0.3) is 0 Å². The molecule has 3 atom stereocenters. The van der Waals surface area contributed by atoms with Crippen molar-refractivity contribution in [3.05, 3.63) is 65.7 Å². The summed E-state index contributed by atoms with van der Waals surface area (Å²) in [5.41, 5.74) is 0.755. The van der Waals surface area contributed by atoms with E-state index < -0.39 is 32.6 Å². The van der Waals surface area contributed by atoms with Crippen LogP contribution in [0.15, 0.2) is 59.5 Å². The first-order valence-electron chi connectivity index (χ1n) is 9.48. The Morgan fingerprint density at radius 2 is 1.71 bits per heavy atom. The standard InChI is InChI=1S/C22H27NO4S/c1-15(2)27-21(24)22(4)14-19(20(23-22)17-8-6-5-7-9-17)28(25,26)18-12-10-16(3)11-13-18/h5-13,15,19-20,23H,14H2,1-4H3/t19-,20+,22+/m0/s1. The SMILES string of the molecule is Cc1ccc(S(=O)(=O)[C@H]2C[C@](C)(C(=O)OC(C)C)N[C@@H]2c2ccccc2)cc1. The van der Waals surface area contributed by atoms with Crippen LogP contribution in [0.4, 0.5) is 0 Å². The summed E-state index contributed by atoms with van der Waals surface area (Å²) in [4.78, 5) is 13.0. The van der Waals surface area contributed by atoms with Crippen molar-refractivity contribution in [2.45, 2.75) is 61.9 Å². The van der Waals surface area contributed by atoms with E-state index in [1.165, 1.54) is 0 Å². The van der Waals surface area contributed by atoms with Crippen molar-refractivity contribution in [2.75, 3.05) is 0 Å². The zero-order valence-corrected chi connectivity index (χ0v) is 17.5. The van der Waals surface area contributed by atoms with Gasteiger partial charge in [-0.2, -0.15) is 0 Å². The topological polar surface area (TPSA) is 72.5 Å². The molecule has 0 spiro atoms. The number of carbonyl (C=O) groups is 1. The summed E-state index contributed by atoms with van der Waals surface area (Å²) >= 11 is 0. The van der Waals surface area contributed by atoms with E-state index in [0.717, 1.165) is 11.1 Å². The van der Waals surface area contributed by atoms with Crippen molar-refractivity contribution in [3.63, 3.8) is 0 Å². The summed E-state index contributed by atoms with van der Waals surface area (Å²) in [5.74, 6) is -0.426. The number of carbonyl (C=O) groups excluding carboxylic acids is 1. The van der Waals surface area contributed by atoms with Gasteiger partial charge in [-0.05, 0) is 51.8 Å². The molecule has 150 valence electrons. The van der Waals surface area contributed by atoms with Crippen molar-refractivity contribution in [1.82, 2.24) is 5.32 Å². The number of hydrogen-bond acceptors (Lipinski definition) is 5. The van der Waals surface area contributed by atoms with E-state index in [1.54, 1.807) is 45.0 Å². The number of sulfone groups is 1. The van der Waals surface area contributed by atoms with Crippen LogP contribution in [0, 0.1) is 6.92 Å². The molecular weight excluding hydrogens is 374 g/mol. The fourth-order valence-corrected chi connectivity index (χ4v) is 5.65. The Morgan fingerprint density at radius 1 is 1.11 bits per heavy atom. The Balaban J connectivity index is 2.03. The molecule has 1 fully saturated rings. The first kappa shape index (κ1) is 20.6. The monoisotopic (exact) mass is 401 g/mol. The van der Waals surface area contributed by atoms with Crippen LogP contribution in [0.1, 0.15) is 44.4 Å². The average molecular weight is 402 g/mol. The van der Waals surface area contributed by atoms with E-state index in [-0.39, 0.29) is 17.4 Å². The number of aryl methyl sites for hydroxylation is 1. The zero-order valence-electron chi connectivity index (χ0n) is 16.7. The lowest BCUT2D eigenvalue weighted by molar-refractivity contribution is -0.154. The molecule has 1 N–H and O–H groups in total. The maximum absolute atomic E-state index is 13.5. The van der Waals surface area contributed by atoms with E-state index >= 15 is 0 Å². The van der Waals surface area contributed by atoms with Crippen molar-refractivity contribution in [1.29, 1.82) is 0 Å². The van der Waals surface area contributed by atoms with Crippen molar-refractivity contribution < 1.29 is 17.9 Å². The Bertz CT molecular complexity index is 938. The molecule has 1 heterocycles. The van der Waals surface area contributed by atoms with Crippen LogP contribution in [0.3, 0.4) is 0 Å². The van der Waals surface area contributed by atoms with Crippen LogP contribution in [-0.2, 0) is 19.4 Å². The van der Waals surface area contributed by atoms with Gasteiger partial charge in [0.05, 0.1) is 22.3 Å². The quantitative estimate of drug-likeness (QED) is 0.776. The van der Waals surface area contributed by atoms with Gasteiger partial charge >= 0.3 is 5.97 Å². The summed E-state index contributed by atoms with van der Waals surface area (Å²) in [6.07, 6.45) is -0.122. The molecule has 0 radical (unpaired) electrons. The predicted octanol–water partition coefficient (Wildman–Crippen LogP) is 3.58.